The Morgan fingerprint density at radius 3 is 2.84 bits per heavy atom. The molecule has 0 spiro atoms. The molecule has 0 radical (unpaired) electrons. The lowest BCUT2D eigenvalue weighted by Gasteiger charge is -2.17. The van der Waals surface area contributed by atoms with Gasteiger partial charge < -0.3 is 19.5 Å². The molecule has 168 valence electrons. The lowest BCUT2D eigenvalue weighted by atomic mass is 10.1. The van der Waals surface area contributed by atoms with Gasteiger partial charge in [-0.3, -0.25) is 9.48 Å². The zero-order chi connectivity index (χ0) is 22.5. The number of halogens is 2. The summed E-state index contributed by atoms with van der Waals surface area (Å²) in [5, 5.41) is 7.29. The number of hydrogen-bond donors (Lipinski definition) is 1. The number of para-hydroxylation sites is 1. The number of carbonyl (C=O) groups is 1. The highest BCUT2D eigenvalue weighted by atomic mass is 19.3. The van der Waals surface area contributed by atoms with Crippen LogP contribution < -0.4 is 14.8 Å². The van der Waals surface area contributed by atoms with Crippen LogP contribution in [0.3, 0.4) is 0 Å². The Balaban J connectivity index is 1.48. The van der Waals surface area contributed by atoms with Crippen LogP contribution in [0.2, 0.25) is 0 Å². The van der Waals surface area contributed by atoms with E-state index in [9.17, 15) is 13.6 Å². The van der Waals surface area contributed by atoms with E-state index >= 15 is 0 Å². The van der Waals surface area contributed by atoms with Crippen LogP contribution in [-0.4, -0.2) is 35.2 Å². The van der Waals surface area contributed by atoms with Crippen molar-refractivity contribution in [2.75, 3.05) is 11.9 Å². The Labute approximate surface area is 183 Å². The maximum absolute atomic E-state index is 12.8. The Hall–Kier alpha value is -3.46. The molecule has 3 aromatic rings. The summed E-state index contributed by atoms with van der Waals surface area (Å²) in [6.45, 7) is -0.470. The van der Waals surface area contributed by atoms with Gasteiger partial charge in [0, 0.05) is 23.9 Å². The maximum Gasteiger partial charge on any atom is 0.387 e. The number of hydrogen-bond acceptors (Lipinski definition) is 5. The normalized spacial score (nSPS) is 15.7. The van der Waals surface area contributed by atoms with E-state index < -0.39 is 12.9 Å². The summed E-state index contributed by atoms with van der Waals surface area (Å²) in [6, 6.07) is 13.8. The van der Waals surface area contributed by atoms with E-state index in [0.717, 1.165) is 17.7 Å². The second-order valence-corrected chi connectivity index (χ2v) is 7.36. The summed E-state index contributed by atoms with van der Waals surface area (Å²) in [5.74, 6) is -0.130. The number of nitrogens with zero attached hydrogens (tertiary/aromatic N) is 2. The molecule has 1 saturated heterocycles. The molecule has 32 heavy (non-hydrogen) atoms. The SMILES string of the molecule is Cc1ccccc1NC(=O)Cn1ccc(-c2ccc(OC(F)F)c(O[C@H]3CCCO3)c2)n1. The molecule has 0 saturated carbocycles. The van der Waals surface area contributed by atoms with Gasteiger partial charge in [-0.25, -0.2) is 0 Å². The van der Waals surface area contributed by atoms with E-state index in [1.54, 1.807) is 24.4 Å². The molecule has 0 bridgehead atoms. The van der Waals surface area contributed by atoms with Crippen LogP contribution >= 0.6 is 0 Å². The van der Waals surface area contributed by atoms with E-state index in [0.29, 0.717) is 24.3 Å². The van der Waals surface area contributed by atoms with Crippen LogP contribution in [-0.2, 0) is 16.1 Å². The predicted molar refractivity (Wildman–Crippen MR) is 114 cm³/mol. The standard InChI is InChI=1S/C23H23F2N3O4/c1-15-5-2-3-6-17(15)26-21(29)14-28-11-10-18(27-28)16-8-9-19(32-23(24)25)20(13-16)31-22-7-4-12-30-22/h2-3,5-6,8-11,13,22-23H,4,7,12,14H2,1H3,(H,26,29)/t22-/m0/s1. The molecule has 1 N–H and O–H groups in total. The first-order valence-corrected chi connectivity index (χ1v) is 10.2. The van der Waals surface area contributed by atoms with Gasteiger partial charge >= 0.3 is 6.61 Å². The molecule has 1 aromatic heterocycles. The Morgan fingerprint density at radius 2 is 2.09 bits per heavy atom. The summed E-state index contributed by atoms with van der Waals surface area (Å²) in [6.07, 6.45) is 2.68. The first kappa shape index (κ1) is 21.8. The number of rotatable bonds is 8. The van der Waals surface area contributed by atoms with Crippen LogP contribution in [0.25, 0.3) is 11.3 Å². The number of aryl methyl sites for hydroxylation is 1. The van der Waals surface area contributed by atoms with Crippen molar-refractivity contribution in [1.82, 2.24) is 9.78 Å². The average molecular weight is 443 g/mol. The number of alkyl halides is 2. The fraction of sp³-hybridized carbons (Fsp3) is 0.304. The summed E-state index contributed by atoms with van der Waals surface area (Å²) < 4.78 is 42.8. The van der Waals surface area contributed by atoms with Crippen LogP contribution in [0.15, 0.2) is 54.7 Å². The molecule has 0 aliphatic carbocycles. The van der Waals surface area contributed by atoms with E-state index in [-0.39, 0.29) is 24.0 Å². The van der Waals surface area contributed by atoms with Gasteiger partial charge in [-0.1, -0.05) is 18.2 Å². The van der Waals surface area contributed by atoms with Gasteiger partial charge in [0.1, 0.15) is 6.54 Å². The molecule has 1 atom stereocenters. The summed E-state index contributed by atoms with van der Waals surface area (Å²) >= 11 is 0. The summed E-state index contributed by atoms with van der Waals surface area (Å²) in [5.41, 5.74) is 2.91. The van der Waals surface area contributed by atoms with Gasteiger partial charge in [0.15, 0.2) is 17.8 Å². The fourth-order valence-corrected chi connectivity index (χ4v) is 3.39. The Morgan fingerprint density at radius 1 is 1.25 bits per heavy atom. The third kappa shape index (κ3) is 5.42. The van der Waals surface area contributed by atoms with Gasteiger partial charge in [-0.2, -0.15) is 13.9 Å². The number of anilines is 1. The van der Waals surface area contributed by atoms with E-state index in [1.165, 1.54) is 10.7 Å². The monoisotopic (exact) mass is 443 g/mol. The summed E-state index contributed by atoms with van der Waals surface area (Å²) in [4.78, 5) is 12.4. The van der Waals surface area contributed by atoms with Gasteiger partial charge in [-0.15, -0.1) is 0 Å². The molecule has 7 nitrogen and oxygen atoms in total. The largest absolute Gasteiger partial charge is 0.461 e. The fourth-order valence-electron chi connectivity index (χ4n) is 3.39. The first-order chi connectivity index (χ1) is 15.5. The van der Waals surface area contributed by atoms with Crippen molar-refractivity contribution >= 4 is 11.6 Å². The molecule has 1 fully saturated rings. The van der Waals surface area contributed by atoms with E-state index in [4.69, 9.17) is 9.47 Å². The third-order valence-electron chi connectivity index (χ3n) is 4.97. The smallest absolute Gasteiger partial charge is 0.387 e. The third-order valence-corrected chi connectivity index (χ3v) is 4.97. The van der Waals surface area contributed by atoms with Crippen molar-refractivity contribution in [2.24, 2.45) is 0 Å². The molecule has 1 amide bonds. The minimum Gasteiger partial charge on any atom is -0.461 e. The van der Waals surface area contributed by atoms with Gasteiger partial charge in [0.25, 0.3) is 0 Å². The molecule has 0 unspecified atom stereocenters. The highest BCUT2D eigenvalue weighted by Gasteiger charge is 2.21. The number of nitrogens with one attached hydrogen (secondary N) is 1. The molecule has 2 aromatic carbocycles. The van der Waals surface area contributed by atoms with Crippen LogP contribution in [0.5, 0.6) is 11.5 Å². The van der Waals surface area contributed by atoms with E-state index in [1.807, 2.05) is 31.2 Å². The number of carbonyl (C=O) groups excluding carboxylic acids is 1. The number of amides is 1. The number of ether oxygens (including phenoxy) is 3. The zero-order valence-electron chi connectivity index (χ0n) is 17.5. The molecule has 4 rings (SSSR count). The first-order valence-electron chi connectivity index (χ1n) is 10.2. The van der Waals surface area contributed by atoms with Gasteiger partial charge in [-0.05, 0) is 49.2 Å². The van der Waals surface area contributed by atoms with Gasteiger partial charge in [0.05, 0.1) is 12.3 Å². The predicted octanol–water partition coefficient (Wildman–Crippen LogP) is 4.61. The quantitative estimate of drug-likeness (QED) is 0.550. The molecule has 1 aliphatic rings. The molecule has 9 heteroatoms. The minimum atomic E-state index is -2.97. The van der Waals surface area contributed by atoms with Crippen molar-refractivity contribution in [3.8, 4) is 22.8 Å². The summed E-state index contributed by atoms with van der Waals surface area (Å²) in [7, 11) is 0. The van der Waals surface area contributed by atoms with Crippen molar-refractivity contribution in [1.29, 1.82) is 0 Å². The van der Waals surface area contributed by atoms with Crippen LogP contribution in [0.4, 0.5) is 14.5 Å². The maximum atomic E-state index is 12.8. The number of aromatic nitrogens is 2. The molecule has 2 heterocycles. The van der Waals surface area contributed by atoms with Crippen molar-refractivity contribution < 1.29 is 27.8 Å². The topological polar surface area (TPSA) is 74.6 Å². The lowest BCUT2D eigenvalue weighted by molar-refractivity contribution is -0.116. The molecular weight excluding hydrogens is 420 g/mol. The molecule has 1 aliphatic heterocycles. The lowest BCUT2D eigenvalue weighted by Crippen LogP contribution is -2.19. The van der Waals surface area contributed by atoms with Crippen LogP contribution in [0, 0.1) is 6.92 Å². The van der Waals surface area contributed by atoms with E-state index in [2.05, 4.69) is 15.2 Å². The second kappa shape index (κ2) is 9.78. The average Bonchev–Trinajstić information content (AvgIpc) is 3.43. The van der Waals surface area contributed by atoms with Gasteiger partial charge in [0.2, 0.25) is 5.91 Å². The van der Waals surface area contributed by atoms with Crippen molar-refractivity contribution in [3.63, 3.8) is 0 Å². The number of benzene rings is 2. The van der Waals surface area contributed by atoms with Crippen LogP contribution in [0.1, 0.15) is 18.4 Å². The zero-order valence-corrected chi connectivity index (χ0v) is 17.5. The Kier molecular flexibility index (Phi) is 6.65. The highest BCUT2D eigenvalue weighted by Crippen LogP contribution is 2.35. The highest BCUT2D eigenvalue weighted by molar-refractivity contribution is 5.91. The van der Waals surface area contributed by atoms with Crippen molar-refractivity contribution in [3.05, 3.63) is 60.3 Å². The Bertz CT molecular complexity index is 1080. The van der Waals surface area contributed by atoms with Crippen molar-refractivity contribution in [2.45, 2.75) is 39.2 Å². The molecular formula is C23H23F2N3O4. The second-order valence-electron chi connectivity index (χ2n) is 7.36. The minimum absolute atomic E-state index is 0.0280.